The van der Waals surface area contributed by atoms with Crippen LogP contribution >= 0.6 is 0 Å². The van der Waals surface area contributed by atoms with Gasteiger partial charge in [-0.15, -0.1) is 10.2 Å². The Morgan fingerprint density at radius 2 is 1.50 bits per heavy atom. The van der Waals surface area contributed by atoms with Gasteiger partial charge >= 0.3 is 6.03 Å². The molecule has 1 aromatic heterocycles. The van der Waals surface area contributed by atoms with Gasteiger partial charge in [-0.25, -0.2) is 4.79 Å². The number of anilines is 3. The molecule has 32 heavy (non-hydrogen) atoms. The minimum Gasteiger partial charge on any atom is -0.421 e. The molecule has 0 aliphatic carbocycles. The fourth-order valence-electron chi connectivity index (χ4n) is 3.02. The third-order valence-corrected chi connectivity index (χ3v) is 4.70. The molecule has 0 spiro atoms. The number of rotatable bonds is 5. The van der Waals surface area contributed by atoms with Gasteiger partial charge in [0.25, 0.3) is 5.91 Å². The lowest BCUT2D eigenvalue weighted by Crippen LogP contribution is -2.19. The van der Waals surface area contributed by atoms with E-state index in [-0.39, 0.29) is 11.9 Å². The molecule has 0 radical (unpaired) electrons. The van der Waals surface area contributed by atoms with Crippen LogP contribution in [-0.4, -0.2) is 22.1 Å². The predicted molar refractivity (Wildman–Crippen MR) is 123 cm³/mol. The molecule has 0 aliphatic rings. The molecule has 0 atom stereocenters. The van der Waals surface area contributed by atoms with Crippen LogP contribution in [0, 0.1) is 13.8 Å². The van der Waals surface area contributed by atoms with Gasteiger partial charge in [0.2, 0.25) is 11.8 Å². The van der Waals surface area contributed by atoms with Gasteiger partial charge in [0.1, 0.15) is 0 Å². The fourth-order valence-corrected chi connectivity index (χ4v) is 3.02. The van der Waals surface area contributed by atoms with E-state index >= 15 is 0 Å². The number of hydrogen-bond acceptors (Lipinski definition) is 5. The third-order valence-electron chi connectivity index (χ3n) is 4.70. The summed E-state index contributed by atoms with van der Waals surface area (Å²) in [6, 6.07) is 21.0. The highest BCUT2D eigenvalue weighted by Gasteiger charge is 2.12. The smallest absolute Gasteiger partial charge is 0.323 e. The molecule has 160 valence electrons. The first kappa shape index (κ1) is 20.8. The summed E-state index contributed by atoms with van der Waals surface area (Å²) in [4.78, 5) is 25.0. The maximum Gasteiger partial charge on any atom is 0.323 e. The number of carbonyl (C=O) groups excluding carboxylic acids is 2. The van der Waals surface area contributed by atoms with E-state index in [0.717, 1.165) is 11.1 Å². The summed E-state index contributed by atoms with van der Waals surface area (Å²) in [6.45, 7) is 3.60. The lowest BCUT2D eigenvalue weighted by molar-refractivity contribution is 0.102. The normalized spacial score (nSPS) is 10.4. The van der Waals surface area contributed by atoms with Gasteiger partial charge in [0, 0.05) is 35.1 Å². The van der Waals surface area contributed by atoms with Crippen molar-refractivity contribution < 1.29 is 14.0 Å². The number of aryl methyl sites for hydroxylation is 2. The van der Waals surface area contributed by atoms with Crippen molar-refractivity contribution in [2.24, 2.45) is 0 Å². The van der Waals surface area contributed by atoms with Crippen LogP contribution in [0.25, 0.3) is 11.5 Å². The topological polar surface area (TPSA) is 109 Å². The third kappa shape index (κ3) is 4.99. The monoisotopic (exact) mass is 427 g/mol. The molecule has 3 N–H and O–H groups in total. The molecule has 3 aromatic carbocycles. The van der Waals surface area contributed by atoms with Crippen molar-refractivity contribution in [3.63, 3.8) is 0 Å². The summed E-state index contributed by atoms with van der Waals surface area (Å²) in [5.41, 5.74) is 3.92. The summed E-state index contributed by atoms with van der Waals surface area (Å²) >= 11 is 0. The molecule has 4 aromatic rings. The first-order valence-electron chi connectivity index (χ1n) is 9.93. The van der Waals surface area contributed by atoms with Gasteiger partial charge < -0.3 is 20.4 Å². The lowest BCUT2D eigenvalue weighted by atomic mass is 10.1. The first-order chi connectivity index (χ1) is 15.5. The summed E-state index contributed by atoms with van der Waals surface area (Å²) in [7, 11) is 0. The molecule has 0 unspecified atom stereocenters. The second-order valence-electron chi connectivity index (χ2n) is 7.13. The second-order valence-corrected chi connectivity index (χ2v) is 7.13. The highest BCUT2D eigenvalue weighted by molar-refractivity contribution is 6.05. The number of urea groups is 1. The van der Waals surface area contributed by atoms with E-state index in [9.17, 15) is 9.59 Å². The van der Waals surface area contributed by atoms with Crippen LogP contribution in [0.3, 0.4) is 0 Å². The number of amides is 3. The maximum absolute atomic E-state index is 12.7. The van der Waals surface area contributed by atoms with Crippen molar-refractivity contribution in [2.75, 3.05) is 16.0 Å². The summed E-state index contributed by atoms with van der Waals surface area (Å²) < 4.78 is 5.40. The molecule has 0 saturated carbocycles. The van der Waals surface area contributed by atoms with Crippen LogP contribution in [0.1, 0.15) is 21.8 Å². The average molecular weight is 427 g/mol. The van der Waals surface area contributed by atoms with Gasteiger partial charge in [0.15, 0.2) is 0 Å². The average Bonchev–Trinajstić information content (AvgIpc) is 3.23. The molecular formula is C24H21N5O3. The van der Waals surface area contributed by atoms with Gasteiger partial charge in [0.05, 0.1) is 0 Å². The van der Waals surface area contributed by atoms with Gasteiger partial charge in [-0.2, -0.15) is 0 Å². The van der Waals surface area contributed by atoms with Crippen molar-refractivity contribution in [2.45, 2.75) is 13.8 Å². The Bertz CT molecular complexity index is 1250. The highest BCUT2D eigenvalue weighted by Crippen LogP contribution is 2.23. The standard InChI is InChI=1S/C24H21N5O3/c1-15-8-13-20(26-24(31)25-19-6-4-3-5-7-19)14-21(15)27-22(30)17-9-11-18(12-10-17)23-29-28-16(2)32-23/h3-14H,1-2H3,(H,27,30)(H2,25,26,31). The van der Waals surface area contributed by atoms with Crippen molar-refractivity contribution in [1.29, 1.82) is 0 Å². The highest BCUT2D eigenvalue weighted by atomic mass is 16.4. The van der Waals surface area contributed by atoms with Crippen LogP contribution in [0.15, 0.2) is 77.2 Å². The Morgan fingerprint density at radius 1 is 0.781 bits per heavy atom. The predicted octanol–water partition coefficient (Wildman–Crippen LogP) is 5.25. The number of hydrogen-bond donors (Lipinski definition) is 3. The Morgan fingerprint density at radius 3 is 2.19 bits per heavy atom. The molecule has 8 nitrogen and oxygen atoms in total. The molecule has 0 bridgehead atoms. The first-order valence-corrected chi connectivity index (χ1v) is 9.93. The van der Waals surface area contributed by atoms with E-state index in [1.807, 2.05) is 31.2 Å². The number of para-hydroxylation sites is 1. The molecule has 0 saturated heterocycles. The molecule has 4 rings (SSSR count). The number of nitrogens with one attached hydrogen (secondary N) is 3. The number of aromatic nitrogens is 2. The Hall–Kier alpha value is -4.46. The minimum absolute atomic E-state index is 0.271. The van der Waals surface area contributed by atoms with Gasteiger partial charge in [-0.05, 0) is 61.0 Å². The summed E-state index contributed by atoms with van der Waals surface area (Å²) in [6.07, 6.45) is 0. The van der Waals surface area contributed by atoms with E-state index in [2.05, 4.69) is 26.1 Å². The largest absolute Gasteiger partial charge is 0.421 e. The summed E-state index contributed by atoms with van der Waals surface area (Å²) in [5, 5.41) is 16.2. The Labute approximate surface area is 184 Å². The zero-order valence-electron chi connectivity index (χ0n) is 17.5. The summed E-state index contributed by atoms with van der Waals surface area (Å²) in [5.74, 6) is 0.605. The Kier molecular flexibility index (Phi) is 5.94. The van der Waals surface area contributed by atoms with Crippen LogP contribution in [0.2, 0.25) is 0 Å². The molecule has 3 amide bonds. The van der Waals surface area contributed by atoms with E-state index in [0.29, 0.717) is 34.4 Å². The lowest BCUT2D eigenvalue weighted by Gasteiger charge is -2.12. The molecule has 1 heterocycles. The molecule has 0 fully saturated rings. The van der Waals surface area contributed by atoms with E-state index in [1.54, 1.807) is 55.5 Å². The number of carbonyl (C=O) groups is 2. The van der Waals surface area contributed by atoms with Crippen LogP contribution in [0.5, 0.6) is 0 Å². The number of benzene rings is 3. The molecule has 8 heteroatoms. The minimum atomic E-state index is -0.371. The SMILES string of the molecule is Cc1nnc(-c2ccc(C(=O)Nc3cc(NC(=O)Nc4ccccc4)ccc3C)cc2)o1. The van der Waals surface area contributed by atoms with E-state index in [1.165, 1.54) is 0 Å². The van der Waals surface area contributed by atoms with Crippen molar-refractivity contribution >= 4 is 29.0 Å². The van der Waals surface area contributed by atoms with Crippen molar-refractivity contribution in [3.8, 4) is 11.5 Å². The Balaban J connectivity index is 1.43. The van der Waals surface area contributed by atoms with Crippen LogP contribution < -0.4 is 16.0 Å². The maximum atomic E-state index is 12.7. The van der Waals surface area contributed by atoms with E-state index < -0.39 is 0 Å². The van der Waals surface area contributed by atoms with E-state index in [4.69, 9.17) is 4.42 Å². The number of nitrogens with zero attached hydrogens (tertiary/aromatic N) is 2. The van der Waals surface area contributed by atoms with Crippen LogP contribution in [0.4, 0.5) is 21.9 Å². The molecule has 0 aliphatic heterocycles. The van der Waals surface area contributed by atoms with Crippen LogP contribution in [-0.2, 0) is 0 Å². The molecular weight excluding hydrogens is 406 g/mol. The quantitative estimate of drug-likeness (QED) is 0.403. The fraction of sp³-hybridized carbons (Fsp3) is 0.0833. The van der Waals surface area contributed by atoms with Crippen molar-refractivity contribution in [1.82, 2.24) is 10.2 Å². The zero-order chi connectivity index (χ0) is 22.5. The van der Waals surface area contributed by atoms with Crippen molar-refractivity contribution in [3.05, 3.63) is 89.8 Å². The second kappa shape index (κ2) is 9.13. The van der Waals surface area contributed by atoms with Gasteiger partial charge in [-0.3, -0.25) is 4.79 Å². The van der Waals surface area contributed by atoms with Gasteiger partial charge in [-0.1, -0.05) is 24.3 Å². The zero-order valence-corrected chi connectivity index (χ0v) is 17.5.